The van der Waals surface area contributed by atoms with Gasteiger partial charge < -0.3 is 15.7 Å². The van der Waals surface area contributed by atoms with Crippen molar-refractivity contribution >= 4 is 34.1 Å². The summed E-state index contributed by atoms with van der Waals surface area (Å²) in [4.78, 5) is 36.4. The van der Waals surface area contributed by atoms with Crippen molar-refractivity contribution in [3.05, 3.63) is 51.9 Å². The van der Waals surface area contributed by atoms with E-state index in [0.29, 0.717) is 6.42 Å². The summed E-state index contributed by atoms with van der Waals surface area (Å²) in [5.74, 6) is -2.72. The first-order chi connectivity index (χ1) is 11.6. The summed E-state index contributed by atoms with van der Waals surface area (Å²) >= 11 is 1.24. The van der Waals surface area contributed by atoms with E-state index < -0.39 is 17.8 Å². The van der Waals surface area contributed by atoms with Gasteiger partial charge in [-0.1, -0.05) is 30.3 Å². The molecule has 6 nitrogen and oxygen atoms in total. The largest absolute Gasteiger partial charge is 0.478 e. The Bertz CT molecular complexity index is 798. The topological polar surface area (TPSA) is 95.5 Å². The van der Waals surface area contributed by atoms with Gasteiger partial charge in [0.1, 0.15) is 5.00 Å². The monoisotopic (exact) mass is 344 g/mol. The third-order valence-corrected chi connectivity index (χ3v) is 5.07. The van der Waals surface area contributed by atoms with Gasteiger partial charge in [-0.25, -0.2) is 4.79 Å². The van der Waals surface area contributed by atoms with Crippen LogP contribution in [0.1, 0.15) is 32.8 Å². The van der Waals surface area contributed by atoms with Crippen LogP contribution in [-0.2, 0) is 29.0 Å². The van der Waals surface area contributed by atoms with Crippen molar-refractivity contribution in [2.75, 3.05) is 5.32 Å². The summed E-state index contributed by atoms with van der Waals surface area (Å²) in [7, 11) is 0. The van der Waals surface area contributed by atoms with E-state index in [-0.39, 0.29) is 17.1 Å². The second-order valence-electron chi connectivity index (χ2n) is 5.49. The quantitative estimate of drug-likeness (QED) is 0.741. The normalized spacial score (nSPS) is 12.5. The minimum absolute atomic E-state index is 0.122. The van der Waals surface area contributed by atoms with Crippen LogP contribution in [0.5, 0.6) is 0 Å². The minimum Gasteiger partial charge on any atom is -0.478 e. The molecule has 3 N–H and O–H groups in total. The minimum atomic E-state index is -1.07. The number of hydrogen-bond acceptors (Lipinski definition) is 4. The predicted molar refractivity (Wildman–Crippen MR) is 90.2 cm³/mol. The summed E-state index contributed by atoms with van der Waals surface area (Å²) < 4.78 is 0. The number of thiophene rings is 1. The Morgan fingerprint density at radius 2 is 1.83 bits per heavy atom. The zero-order valence-electron chi connectivity index (χ0n) is 12.8. The average Bonchev–Trinajstić information content (AvgIpc) is 3.13. The molecule has 1 aliphatic rings. The van der Waals surface area contributed by atoms with Crippen LogP contribution in [-0.4, -0.2) is 22.9 Å². The van der Waals surface area contributed by atoms with Gasteiger partial charge in [-0.2, -0.15) is 0 Å². The standard InChI is InChI=1S/C17H16N2O4S/c20-14(18-9-10-5-2-1-3-6-10)15(21)19-16-13(17(22)23)11-7-4-8-12(11)24-16/h1-3,5-6H,4,7-9H2,(H,18,20)(H,19,21)(H,22,23). The van der Waals surface area contributed by atoms with Crippen molar-refractivity contribution in [2.45, 2.75) is 25.8 Å². The van der Waals surface area contributed by atoms with E-state index in [1.165, 1.54) is 11.3 Å². The van der Waals surface area contributed by atoms with Crippen molar-refractivity contribution in [1.29, 1.82) is 0 Å². The Kier molecular flexibility index (Phi) is 4.61. The molecule has 1 aliphatic carbocycles. The first-order valence-electron chi connectivity index (χ1n) is 7.57. The summed E-state index contributed by atoms with van der Waals surface area (Å²) in [6.45, 7) is 0.236. The summed E-state index contributed by atoms with van der Waals surface area (Å²) in [5.41, 5.74) is 1.78. The van der Waals surface area contributed by atoms with Crippen molar-refractivity contribution in [2.24, 2.45) is 0 Å². The summed E-state index contributed by atoms with van der Waals surface area (Å²) in [6, 6.07) is 9.22. The van der Waals surface area contributed by atoms with E-state index in [4.69, 9.17) is 0 Å². The molecule has 0 aliphatic heterocycles. The lowest BCUT2D eigenvalue weighted by Gasteiger charge is -2.07. The number of aromatic carboxylic acids is 1. The number of benzene rings is 1. The number of hydrogen-bond donors (Lipinski definition) is 3. The second kappa shape index (κ2) is 6.84. The number of rotatable bonds is 4. The Hall–Kier alpha value is -2.67. The molecule has 2 amide bonds. The highest BCUT2D eigenvalue weighted by Crippen LogP contribution is 2.38. The molecule has 2 aromatic rings. The molecule has 0 bridgehead atoms. The van der Waals surface area contributed by atoms with Gasteiger partial charge in [-0.3, -0.25) is 9.59 Å². The fourth-order valence-corrected chi connectivity index (χ4v) is 4.01. The maximum atomic E-state index is 12.0. The molecule has 1 aromatic heterocycles. The Labute approximate surface area is 142 Å². The predicted octanol–water partition coefficient (Wildman–Crippen LogP) is 2.19. The van der Waals surface area contributed by atoms with E-state index >= 15 is 0 Å². The maximum absolute atomic E-state index is 12.0. The highest BCUT2D eigenvalue weighted by molar-refractivity contribution is 7.17. The van der Waals surface area contributed by atoms with E-state index in [2.05, 4.69) is 10.6 Å². The van der Waals surface area contributed by atoms with Gasteiger partial charge in [0.25, 0.3) is 0 Å². The first-order valence-corrected chi connectivity index (χ1v) is 8.39. The smallest absolute Gasteiger partial charge is 0.339 e. The fourth-order valence-electron chi connectivity index (χ4n) is 2.74. The summed E-state index contributed by atoms with van der Waals surface area (Å²) in [5, 5.41) is 14.6. The average molecular weight is 344 g/mol. The van der Waals surface area contributed by atoms with E-state index in [1.54, 1.807) is 0 Å². The fraction of sp³-hybridized carbons (Fsp3) is 0.235. The highest BCUT2D eigenvalue weighted by Gasteiger charge is 2.28. The van der Waals surface area contributed by atoms with E-state index in [1.807, 2.05) is 30.3 Å². The van der Waals surface area contributed by atoms with Crippen LogP contribution in [0.3, 0.4) is 0 Å². The first kappa shape index (κ1) is 16.2. The molecule has 0 radical (unpaired) electrons. The molecular formula is C17H16N2O4S. The number of carboxylic acid groups (broad SMARTS) is 1. The van der Waals surface area contributed by atoms with Crippen molar-refractivity contribution < 1.29 is 19.5 Å². The van der Waals surface area contributed by atoms with Gasteiger partial charge in [0.15, 0.2) is 0 Å². The van der Waals surface area contributed by atoms with Gasteiger partial charge in [0.2, 0.25) is 0 Å². The van der Waals surface area contributed by atoms with Crippen LogP contribution in [0.4, 0.5) is 5.00 Å². The van der Waals surface area contributed by atoms with Gasteiger partial charge in [0, 0.05) is 11.4 Å². The van der Waals surface area contributed by atoms with E-state index in [9.17, 15) is 19.5 Å². The number of carbonyl (C=O) groups excluding carboxylic acids is 2. The van der Waals surface area contributed by atoms with Gasteiger partial charge in [0.05, 0.1) is 5.56 Å². The molecule has 7 heteroatoms. The van der Waals surface area contributed by atoms with Crippen molar-refractivity contribution in [3.8, 4) is 0 Å². The molecule has 3 rings (SSSR count). The number of nitrogens with one attached hydrogen (secondary N) is 2. The molecular weight excluding hydrogens is 328 g/mol. The van der Waals surface area contributed by atoms with Crippen molar-refractivity contribution in [1.82, 2.24) is 5.32 Å². The number of anilines is 1. The molecule has 0 spiro atoms. The number of amides is 2. The SMILES string of the molecule is O=C(NCc1ccccc1)C(=O)Nc1sc2c(c1C(=O)O)CCC2. The molecule has 0 saturated heterocycles. The third kappa shape index (κ3) is 3.30. The Morgan fingerprint density at radius 1 is 1.08 bits per heavy atom. The van der Waals surface area contributed by atoms with Crippen LogP contribution in [0.2, 0.25) is 0 Å². The zero-order valence-corrected chi connectivity index (χ0v) is 13.6. The summed E-state index contributed by atoms with van der Waals surface area (Å²) in [6.07, 6.45) is 2.44. The molecule has 1 aromatic carbocycles. The number of fused-ring (bicyclic) bond motifs is 1. The highest BCUT2D eigenvalue weighted by atomic mass is 32.1. The number of aryl methyl sites for hydroxylation is 1. The molecule has 0 atom stereocenters. The van der Waals surface area contributed by atoms with E-state index in [0.717, 1.165) is 28.8 Å². The maximum Gasteiger partial charge on any atom is 0.339 e. The number of carboxylic acids is 1. The van der Waals surface area contributed by atoms with Crippen LogP contribution in [0, 0.1) is 0 Å². The van der Waals surface area contributed by atoms with Crippen LogP contribution >= 0.6 is 11.3 Å². The molecule has 0 unspecified atom stereocenters. The lowest BCUT2D eigenvalue weighted by molar-refractivity contribution is -0.136. The van der Waals surface area contributed by atoms with Crippen LogP contribution in [0.15, 0.2) is 30.3 Å². The van der Waals surface area contributed by atoms with Gasteiger partial charge in [-0.05, 0) is 30.4 Å². The lowest BCUT2D eigenvalue weighted by Crippen LogP contribution is -2.35. The Morgan fingerprint density at radius 3 is 2.54 bits per heavy atom. The zero-order chi connectivity index (χ0) is 17.1. The molecule has 24 heavy (non-hydrogen) atoms. The molecule has 1 heterocycles. The number of carbonyl (C=O) groups is 3. The molecule has 0 fully saturated rings. The Balaban J connectivity index is 1.66. The van der Waals surface area contributed by atoms with Crippen LogP contribution in [0.25, 0.3) is 0 Å². The van der Waals surface area contributed by atoms with Gasteiger partial charge in [-0.15, -0.1) is 11.3 Å². The van der Waals surface area contributed by atoms with Gasteiger partial charge >= 0.3 is 17.8 Å². The molecule has 124 valence electrons. The lowest BCUT2D eigenvalue weighted by atomic mass is 10.1. The third-order valence-electron chi connectivity index (χ3n) is 3.86. The van der Waals surface area contributed by atoms with Crippen molar-refractivity contribution in [3.63, 3.8) is 0 Å². The van der Waals surface area contributed by atoms with Crippen LogP contribution < -0.4 is 10.6 Å². The second-order valence-corrected chi connectivity index (χ2v) is 6.59. The molecule has 0 saturated carbocycles.